The van der Waals surface area contributed by atoms with Gasteiger partial charge in [0.05, 0.1) is 18.1 Å². The Morgan fingerprint density at radius 2 is 2.04 bits per heavy atom. The highest BCUT2D eigenvalue weighted by Gasteiger charge is 2.16. The number of aromatic amines is 1. The number of thioether (sulfide) groups is 1. The van der Waals surface area contributed by atoms with Crippen molar-refractivity contribution >= 4 is 40.1 Å². The number of nitrogens with zero attached hydrogens (tertiary/aromatic N) is 2. The molecular weight excluding hydrogens is 354 g/mol. The van der Waals surface area contributed by atoms with Gasteiger partial charge in [-0.05, 0) is 48.7 Å². The summed E-state index contributed by atoms with van der Waals surface area (Å²) in [7, 11) is 1.67. The zero-order chi connectivity index (χ0) is 17.2. The minimum absolute atomic E-state index is 0.785. The molecule has 1 N–H and O–H groups in total. The quantitative estimate of drug-likeness (QED) is 0.630. The van der Waals surface area contributed by atoms with E-state index in [2.05, 4.69) is 27.0 Å². The van der Waals surface area contributed by atoms with Crippen molar-refractivity contribution in [1.29, 1.82) is 0 Å². The molecule has 2 heterocycles. The van der Waals surface area contributed by atoms with Gasteiger partial charge < -0.3 is 14.6 Å². The molecule has 0 spiro atoms. The number of hydrogen-bond donors (Lipinski definition) is 1. The Morgan fingerprint density at radius 3 is 2.84 bits per heavy atom. The maximum Gasteiger partial charge on any atom is 0.166 e. The number of benzene rings is 2. The molecule has 0 bridgehead atoms. The van der Waals surface area contributed by atoms with Crippen LogP contribution < -0.4 is 9.64 Å². The minimum Gasteiger partial charge on any atom is -0.497 e. The molecular formula is C19H20ClN3OS. The second kappa shape index (κ2) is 7.18. The second-order valence-corrected chi connectivity index (χ2v) is 7.58. The number of nitrogens with one attached hydrogen (secondary N) is 1. The van der Waals surface area contributed by atoms with Crippen LogP contribution in [0.1, 0.15) is 18.4 Å². The lowest BCUT2D eigenvalue weighted by atomic mass is 10.2. The molecule has 4 nitrogen and oxygen atoms in total. The van der Waals surface area contributed by atoms with Crippen molar-refractivity contribution in [3.8, 4) is 5.75 Å². The molecule has 0 amide bonds. The SMILES string of the molecule is COc1ccc2nc(SCc3cc(Cl)ccc3N3CCCC3)[nH]c2c1. The Hall–Kier alpha value is -1.85. The third-order valence-corrected chi connectivity index (χ3v) is 5.68. The van der Waals surface area contributed by atoms with E-state index in [1.165, 1.54) is 24.1 Å². The summed E-state index contributed by atoms with van der Waals surface area (Å²) in [6.45, 7) is 2.26. The van der Waals surface area contributed by atoms with Crippen molar-refractivity contribution in [3.05, 3.63) is 47.0 Å². The van der Waals surface area contributed by atoms with E-state index in [1.807, 2.05) is 24.3 Å². The highest BCUT2D eigenvalue weighted by atomic mass is 35.5. The summed E-state index contributed by atoms with van der Waals surface area (Å²) in [4.78, 5) is 10.5. The van der Waals surface area contributed by atoms with E-state index in [0.717, 1.165) is 45.8 Å². The fourth-order valence-corrected chi connectivity index (χ4v) is 4.31. The minimum atomic E-state index is 0.785. The van der Waals surface area contributed by atoms with E-state index in [-0.39, 0.29) is 0 Å². The van der Waals surface area contributed by atoms with Crippen molar-refractivity contribution in [3.63, 3.8) is 0 Å². The first-order chi connectivity index (χ1) is 12.2. The third-order valence-electron chi connectivity index (χ3n) is 4.52. The maximum absolute atomic E-state index is 6.24. The predicted molar refractivity (Wildman–Crippen MR) is 105 cm³/mol. The molecule has 4 rings (SSSR count). The van der Waals surface area contributed by atoms with Gasteiger partial charge in [-0.25, -0.2) is 4.98 Å². The molecule has 130 valence electrons. The molecule has 25 heavy (non-hydrogen) atoms. The summed E-state index contributed by atoms with van der Waals surface area (Å²) < 4.78 is 5.27. The molecule has 6 heteroatoms. The highest BCUT2D eigenvalue weighted by molar-refractivity contribution is 7.98. The second-order valence-electron chi connectivity index (χ2n) is 6.18. The van der Waals surface area contributed by atoms with Gasteiger partial charge in [0.15, 0.2) is 5.16 Å². The fraction of sp³-hybridized carbons (Fsp3) is 0.316. The molecule has 0 saturated carbocycles. The summed E-state index contributed by atoms with van der Waals surface area (Å²) >= 11 is 7.94. The van der Waals surface area contributed by atoms with Gasteiger partial charge >= 0.3 is 0 Å². The fourth-order valence-electron chi connectivity index (χ4n) is 3.24. The van der Waals surface area contributed by atoms with Crippen LogP contribution >= 0.6 is 23.4 Å². The molecule has 1 aliphatic rings. The molecule has 0 radical (unpaired) electrons. The molecule has 1 aromatic heterocycles. The average Bonchev–Trinajstić information content (AvgIpc) is 3.28. The lowest BCUT2D eigenvalue weighted by Gasteiger charge is -2.21. The van der Waals surface area contributed by atoms with Crippen LogP contribution in [0.3, 0.4) is 0 Å². The highest BCUT2D eigenvalue weighted by Crippen LogP contribution is 2.32. The Balaban J connectivity index is 1.55. The Kier molecular flexibility index (Phi) is 4.77. The first kappa shape index (κ1) is 16.6. The molecule has 0 aliphatic carbocycles. The Morgan fingerprint density at radius 1 is 1.20 bits per heavy atom. The van der Waals surface area contributed by atoms with Gasteiger partial charge in [-0.1, -0.05) is 23.4 Å². The van der Waals surface area contributed by atoms with Crippen LogP contribution in [0.5, 0.6) is 5.75 Å². The molecule has 3 aromatic rings. The topological polar surface area (TPSA) is 41.1 Å². The summed E-state index contributed by atoms with van der Waals surface area (Å²) in [5.41, 5.74) is 4.51. The van der Waals surface area contributed by atoms with Crippen molar-refractivity contribution < 1.29 is 4.74 Å². The normalized spacial score (nSPS) is 14.4. The van der Waals surface area contributed by atoms with Crippen molar-refractivity contribution in [2.45, 2.75) is 23.8 Å². The lowest BCUT2D eigenvalue weighted by Crippen LogP contribution is -2.19. The van der Waals surface area contributed by atoms with Gasteiger partial charge in [0.2, 0.25) is 0 Å². The largest absolute Gasteiger partial charge is 0.497 e. The maximum atomic E-state index is 6.24. The van der Waals surface area contributed by atoms with E-state index in [1.54, 1.807) is 18.9 Å². The average molecular weight is 374 g/mol. The molecule has 1 fully saturated rings. The van der Waals surface area contributed by atoms with Gasteiger partial charge in [-0.15, -0.1) is 0 Å². The molecule has 1 aliphatic heterocycles. The standard InChI is InChI=1S/C19H20ClN3OS/c1-24-15-5-6-16-17(11-15)22-19(21-16)25-12-13-10-14(20)4-7-18(13)23-8-2-3-9-23/h4-7,10-11H,2-3,8-9,12H2,1H3,(H,21,22). The molecule has 0 unspecified atom stereocenters. The van der Waals surface area contributed by atoms with E-state index in [4.69, 9.17) is 16.3 Å². The molecule has 2 aromatic carbocycles. The zero-order valence-electron chi connectivity index (χ0n) is 14.1. The van der Waals surface area contributed by atoms with E-state index < -0.39 is 0 Å². The van der Waals surface area contributed by atoms with Crippen LogP contribution in [-0.4, -0.2) is 30.2 Å². The summed E-state index contributed by atoms with van der Waals surface area (Å²) in [6, 6.07) is 12.1. The van der Waals surface area contributed by atoms with Gasteiger partial charge in [0, 0.05) is 35.6 Å². The number of aromatic nitrogens is 2. The van der Waals surface area contributed by atoms with Crippen LogP contribution in [0, 0.1) is 0 Å². The third kappa shape index (κ3) is 3.58. The number of fused-ring (bicyclic) bond motifs is 1. The van der Waals surface area contributed by atoms with E-state index in [0.29, 0.717) is 0 Å². The Bertz CT molecular complexity index is 890. The number of ether oxygens (including phenoxy) is 1. The first-order valence-corrected chi connectivity index (χ1v) is 9.79. The number of hydrogen-bond acceptors (Lipinski definition) is 4. The van der Waals surface area contributed by atoms with E-state index in [9.17, 15) is 0 Å². The van der Waals surface area contributed by atoms with Crippen molar-refractivity contribution in [2.75, 3.05) is 25.1 Å². The van der Waals surface area contributed by atoms with Crippen LogP contribution in [0.25, 0.3) is 11.0 Å². The van der Waals surface area contributed by atoms with Gasteiger partial charge in [-0.3, -0.25) is 0 Å². The number of H-pyrrole nitrogens is 1. The van der Waals surface area contributed by atoms with Crippen LogP contribution in [0.2, 0.25) is 5.02 Å². The predicted octanol–water partition coefficient (Wildman–Crippen LogP) is 5.12. The van der Waals surface area contributed by atoms with Crippen molar-refractivity contribution in [2.24, 2.45) is 0 Å². The molecule has 1 saturated heterocycles. The Labute approximate surface area is 156 Å². The summed E-state index contributed by atoms with van der Waals surface area (Å²) in [5.74, 6) is 1.67. The van der Waals surface area contributed by atoms with Crippen LogP contribution in [0.15, 0.2) is 41.6 Å². The number of anilines is 1. The first-order valence-electron chi connectivity index (χ1n) is 8.43. The smallest absolute Gasteiger partial charge is 0.166 e. The number of rotatable bonds is 5. The van der Waals surface area contributed by atoms with Gasteiger partial charge in [0.1, 0.15) is 5.75 Å². The van der Waals surface area contributed by atoms with Crippen LogP contribution in [0.4, 0.5) is 5.69 Å². The summed E-state index contributed by atoms with van der Waals surface area (Å²) in [5, 5.41) is 1.70. The zero-order valence-corrected chi connectivity index (χ0v) is 15.7. The number of imidazole rings is 1. The van der Waals surface area contributed by atoms with Gasteiger partial charge in [-0.2, -0.15) is 0 Å². The molecule has 0 atom stereocenters. The number of halogens is 1. The lowest BCUT2D eigenvalue weighted by molar-refractivity contribution is 0.415. The monoisotopic (exact) mass is 373 g/mol. The number of methoxy groups -OCH3 is 1. The van der Waals surface area contributed by atoms with E-state index >= 15 is 0 Å². The van der Waals surface area contributed by atoms with Crippen molar-refractivity contribution in [1.82, 2.24) is 9.97 Å². The van der Waals surface area contributed by atoms with Crippen LogP contribution in [-0.2, 0) is 5.75 Å². The summed E-state index contributed by atoms with van der Waals surface area (Å²) in [6.07, 6.45) is 2.53. The van der Waals surface area contributed by atoms with Gasteiger partial charge in [0.25, 0.3) is 0 Å².